The zero-order chi connectivity index (χ0) is 17.4. The van der Waals surface area contributed by atoms with Crippen molar-refractivity contribution in [3.05, 3.63) is 29.8 Å². The first kappa shape index (κ1) is 25.0. The number of nitrogens with two attached hydrogens (primary N) is 1. The Balaban J connectivity index is 0.00000312. The van der Waals surface area contributed by atoms with Gasteiger partial charge < -0.3 is 20.7 Å². The predicted octanol–water partition coefficient (Wildman–Crippen LogP) is 2.99. The minimum absolute atomic E-state index is 0. The van der Waals surface area contributed by atoms with Crippen molar-refractivity contribution in [1.82, 2.24) is 10.2 Å². The average Bonchev–Trinajstić information content (AvgIpc) is 3.04. The van der Waals surface area contributed by atoms with E-state index in [2.05, 4.69) is 24.1 Å². The normalized spacial score (nSPS) is 18.8. The standard InChI is InChI=1S/C19H31N3O2.2ClH/c1-3-22(4-2)11-12-24-18-8-6-5-7-16(18)14-21-19(23)15-9-10-17(20)13-15;;/h5-8,15,17H,3-4,9-14,20H2,1-2H3,(H,21,23);2*1H. The summed E-state index contributed by atoms with van der Waals surface area (Å²) >= 11 is 0. The van der Waals surface area contributed by atoms with Gasteiger partial charge in [-0.2, -0.15) is 0 Å². The van der Waals surface area contributed by atoms with Gasteiger partial charge in [0.25, 0.3) is 0 Å². The van der Waals surface area contributed by atoms with Gasteiger partial charge in [-0.05, 0) is 38.4 Å². The number of hydrogen-bond acceptors (Lipinski definition) is 4. The lowest BCUT2D eigenvalue weighted by molar-refractivity contribution is -0.125. The third-order valence-corrected chi connectivity index (χ3v) is 4.83. The summed E-state index contributed by atoms with van der Waals surface area (Å²) < 4.78 is 5.93. The van der Waals surface area contributed by atoms with Crippen LogP contribution in [-0.4, -0.2) is 43.1 Å². The first-order valence-corrected chi connectivity index (χ1v) is 9.10. The van der Waals surface area contributed by atoms with Crippen molar-refractivity contribution in [2.24, 2.45) is 11.7 Å². The minimum atomic E-state index is 0. The number of carbonyl (C=O) groups excluding carboxylic acids is 1. The van der Waals surface area contributed by atoms with E-state index in [1.807, 2.05) is 24.3 Å². The van der Waals surface area contributed by atoms with E-state index < -0.39 is 0 Å². The molecule has 0 aromatic heterocycles. The Labute approximate surface area is 169 Å². The monoisotopic (exact) mass is 405 g/mol. The summed E-state index contributed by atoms with van der Waals surface area (Å²) in [5.41, 5.74) is 6.91. The number of benzene rings is 1. The Morgan fingerprint density at radius 3 is 2.54 bits per heavy atom. The number of ether oxygens (including phenoxy) is 1. The van der Waals surface area contributed by atoms with Crippen molar-refractivity contribution in [2.45, 2.75) is 45.7 Å². The predicted molar refractivity (Wildman–Crippen MR) is 111 cm³/mol. The van der Waals surface area contributed by atoms with Gasteiger partial charge >= 0.3 is 0 Å². The van der Waals surface area contributed by atoms with Crippen LogP contribution in [0.5, 0.6) is 5.75 Å². The van der Waals surface area contributed by atoms with Gasteiger partial charge in [0.15, 0.2) is 0 Å². The second-order valence-electron chi connectivity index (χ2n) is 6.47. The number of para-hydroxylation sites is 1. The van der Waals surface area contributed by atoms with E-state index in [0.29, 0.717) is 13.2 Å². The fourth-order valence-electron chi connectivity index (χ4n) is 3.20. The lowest BCUT2D eigenvalue weighted by Crippen LogP contribution is -2.30. The summed E-state index contributed by atoms with van der Waals surface area (Å²) in [6, 6.07) is 8.09. The van der Waals surface area contributed by atoms with Crippen LogP contribution in [0, 0.1) is 5.92 Å². The molecule has 7 heteroatoms. The summed E-state index contributed by atoms with van der Waals surface area (Å²) in [6.07, 6.45) is 2.64. The molecular formula is C19H33Cl2N3O2. The maximum atomic E-state index is 12.2. The van der Waals surface area contributed by atoms with Crippen molar-refractivity contribution >= 4 is 30.7 Å². The number of nitrogens with zero attached hydrogens (tertiary/aromatic N) is 1. The maximum Gasteiger partial charge on any atom is 0.223 e. The maximum absolute atomic E-state index is 12.2. The van der Waals surface area contributed by atoms with Crippen molar-refractivity contribution in [3.8, 4) is 5.75 Å². The van der Waals surface area contributed by atoms with Gasteiger partial charge in [0.05, 0.1) is 0 Å². The van der Waals surface area contributed by atoms with Crippen molar-refractivity contribution in [1.29, 1.82) is 0 Å². The van der Waals surface area contributed by atoms with Crippen LogP contribution in [0.15, 0.2) is 24.3 Å². The van der Waals surface area contributed by atoms with Crippen LogP contribution in [0.2, 0.25) is 0 Å². The fraction of sp³-hybridized carbons (Fsp3) is 0.632. The molecule has 0 aliphatic heterocycles. The Hall–Kier alpha value is -1.01. The average molecular weight is 406 g/mol. The second-order valence-corrected chi connectivity index (χ2v) is 6.47. The topological polar surface area (TPSA) is 67.6 Å². The molecule has 5 nitrogen and oxygen atoms in total. The van der Waals surface area contributed by atoms with Crippen LogP contribution < -0.4 is 15.8 Å². The molecule has 1 aromatic carbocycles. The van der Waals surface area contributed by atoms with Gasteiger partial charge in [0, 0.05) is 30.6 Å². The molecule has 3 N–H and O–H groups in total. The SMILES string of the molecule is CCN(CC)CCOc1ccccc1CNC(=O)C1CCC(N)C1.Cl.Cl. The van der Waals surface area contributed by atoms with Crippen LogP contribution in [-0.2, 0) is 11.3 Å². The highest BCUT2D eigenvalue weighted by Gasteiger charge is 2.27. The molecule has 2 atom stereocenters. The molecule has 2 unspecified atom stereocenters. The van der Waals surface area contributed by atoms with Crippen LogP contribution in [0.25, 0.3) is 0 Å². The fourth-order valence-corrected chi connectivity index (χ4v) is 3.20. The number of likely N-dealkylation sites (N-methyl/N-ethyl adjacent to an activating group) is 1. The molecule has 0 heterocycles. The lowest BCUT2D eigenvalue weighted by atomic mass is 10.1. The van der Waals surface area contributed by atoms with Crippen molar-refractivity contribution in [2.75, 3.05) is 26.2 Å². The molecule has 1 aliphatic rings. The third kappa shape index (κ3) is 7.70. The highest BCUT2D eigenvalue weighted by Crippen LogP contribution is 2.24. The molecular weight excluding hydrogens is 373 g/mol. The molecule has 0 spiro atoms. The third-order valence-electron chi connectivity index (χ3n) is 4.83. The summed E-state index contributed by atoms with van der Waals surface area (Å²) in [6.45, 7) is 8.44. The minimum Gasteiger partial charge on any atom is -0.492 e. The summed E-state index contributed by atoms with van der Waals surface area (Å²) in [4.78, 5) is 14.6. The molecule has 26 heavy (non-hydrogen) atoms. The summed E-state index contributed by atoms with van der Waals surface area (Å²) in [5.74, 6) is 1.03. The van der Waals surface area contributed by atoms with E-state index in [0.717, 1.165) is 50.2 Å². The van der Waals surface area contributed by atoms with Gasteiger partial charge in [-0.3, -0.25) is 4.79 Å². The molecule has 1 aromatic rings. The van der Waals surface area contributed by atoms with Crippen LogP contribution in [0.4, 0.5) is 0 Å². The van der Waals surface area contributed by atoms with Crippen LogP contribution in [0.3, 0.4) is 0 Å². The highest BCUT2D eigenvalue weighted by molar-refractivity contribution is 5.85. The molecule has 0 bridgehead atoms. The molecule has 2 rings (SSSR count). The quantitative estimate of drug-likeness (QED) is 0.662. The van der Waals surface area contributed by atoms with Crippen molar-refractivity contribution in [3.63, 3.8) is 0 Å². The van der Waals surface area contributed by atoms with Gasteiger partial charge in [-0.1, -0.05) is 32.0 Å². The van der Waals surface area contributed by atoms with Crippen LogP contribution >= 0.6 is 24.8 Å². The second kappa shape index (κ2) is 13.2. The van der Waals surface area contributed by atoms with E-state index >= 15 is 0 Å². The zero-order valence-corrected chi connectivity index (χ0v) is 17.4. The first-order chi connectivity index (χ1) is 11.6. The van der Waals surface area contributed by atoms with E-state index in [1.54, 1.807) is 0 Å². The van der Waals surface area contributed by atoms with Gasteiger partial charge in [0.1, 0.15) is 12.4 Å². The Morgan fingerprint density at radius 1 is 1.23 bits per heavy atom. The molecule has 1 aliphatic carbocycles. The number of amides is 1. The molecule has 150 valence electrons. The zero-order valence-electron chi connectivity index (χ0n) is 15.8. The van der Waals surface area contributed by atoms with E-state index in [9.17, 15) is 4.79 Å². The number of carbonyl (C=O) groups is 1. The smallest absolute Gasteiger partial charge is 0.223 e. The molecule has 1 amide bonds. The van der Waals surface area contributed by atoms with E-state index in [-0.39, 0.29) is 42.7 Å². The Kier molecular flexibility index (Phi) is 12.7. The number of halogens is 2. The van der Waals surface area contributed by atoms with Crippen LogP contribution in [0.1, 0.15) is 38.7 Å². The summed E-state index contributed by atoms with van der Waals surface area (Å²) in [5, 5.41) is 3.04. The highest BCUT2D eigenvalue weighted by atomic mass is 35.5. The van der Waals surface area contributed by atoms with Gasteiger partial charge in [-0.25, -0.2) is 0 Å². The summed E-state index contributed by atoms with van der Waals surface area (Å²) in [7, 11) is 0. The molecule has 1 fully saturated rings. The largest absolute Gasteiger partial charge is 0.492 e. The Bertz CT molecular complexity index is 527. The number of nitrogens with one attached hydrogen (secondary N) is 1. The van der Waals surface area contributed by atoms with E-state index in [1.165, 1.54) is 0 Å². The molecule has 0 saturated heterocycles. The number of hydrogen-bond donors (Lipinski definition) is 2. The van der Waals surface area contributed by atoms with E-state index in [4.69, 9.17) is 10.5 Å². The van der Waals surface area contributed by atoms with Gasteiger partial charge in [-0.15, -0.1) is 24.8 Å². The lowest BCUT2D eigenvalue weighted by Gasteiger charge is -2.19. The van der Waals surface area contributed by atoms with Crippen molar-refractivity contribution < 1.29 is 9.53 Å². The number of rotatable bonds is 9. The molecule has 0 radical (unpaired) electrons. The molecule has 1 saturated carbocycles. The Morgan fingerprint density at radius 2 is 1.92 bits per heavy atom. The van der Waals surface area contributed by atoms with Gasteiger partial charge in [0.2, 0.25) is 5.91 Å². The first-order valence-electron chi connectivity index (χ1n) is 9.10.